The van der Waals surface area contributed by atoms with E-state index >= 15 is 0 Å². The Kier molecular flexibility index (Phi) is 4.96. The van der Waals surface area contributed by atoms with Crippen molar-refractivity contribution in [2.45, 2.75) is 6.92 Å². The number of ether oxygens (including phenoxy) is 2. The molecule has 2 aromatic rings. The molecule has 0 saturated carbocycles. The Hall–Kier alpha value is -2.07. The van der Waals surface area contributed by atoms with Crippen molar-refractivity contribution in [2.75, 3.05) is 13.7 Å². The highest BCUT2D eigenvalue weighted by Gasteiger charge is 2.05. The molecular weight excluding hydrogens is 272 g/mol. The molecule has 0 radical (unpaired) electrons. The number of thiophene rings is 1. The molecule has 2 rings (SSSR count). The van der Waals surface area contributed by atoms with Gasteiger partial charge in [-0.15, -0.1) is 11.3 Å². The van der Waals surface area contributed by atoms with Crippen LogP contribution in [0, 0.1) is 0 Å². The smallest absolute Gasteiger partial charge is 0.195 e. The third-order valence-corrected chi connectivity index (χ3v) is 3.56. The van der Waals surface area contributed by atoms with Crippen LogP contribution in [-0.2, 0) is 0 Å². The molecule has 0 unspecified atom stereocenters. The van der Waals surface area contributed by atoms with Crippen LogP contribution in [0.1, 0.15) is 22.2 Å². The number of benzene rings is 1. The molecule has 0 aliphatic carbocycles. The van der Waals surface area contributed by atoms with E-state index in [0.29, 0.717) is 18.1 Å². The van der Waals surface area contributed by atoms with Gasteiger partial charge in [-0.25, -0.2) is 0 Å². The number of hydrogen-bond donors (Lipinski definition) is 0. The fourth-order valence-electron chi connectivity index (χ4n) is 1.74. The first-order valence-corrected chi connectivity index (χ1v) is 7.19. The molecule has 1 aromatic carbocycles. The average molecular weight is 288 g/mol. The van der Waals surface area contributed by atoms with Gasteiger partial charge in [0.25, 0.3) is 0 Å². The highest BCUT2D eigenvalue weighted by atomic mass is 32.1. The standard InChI is InChI=1S/C16H16O3S/c1-3-19-14-9-7-12(11-15(14)18-2)6-8-13(17)16-5-4-10-20-16/h4-11H,3H2,1-2H3/b8-6+. The van der Waals surface area contributed by atoms with E-state index in [4.69, 9.17) is 9.47 Å². The zero-order valence-corrected chi connectivity index (χ0v) is 12.3. The van der Waals surface area contributed by atoms with E-state index in [1.54, 1.807) is 19.3 Å². The minimum absolute atomic E-state index is 0.00727. The quantitative estimate of drug-likeness (QED) is 0.594. The molecule has 0 fully saturated rings. The molecule has 1 heterocycles. The fraction of sp³-hybridized carbons (Fsp3) is 0.188. The number of ketones is 1. The molecule has 20 heavy (non-hydrogen) atoms. The van der Waals surface area contributed by atoms with Gasteiger partial charge in [0.1, 0.15) is 0 Å². The summed E-state index contributed by atoms with van der Waals surface area (Å²) in [5.74, 6) is 1.38. The Morgan fingerprint density at radius 2 is 2.15 bits per heavy atom. The predicted molar refractivity (Wildman–Crippen MR) is 81.8 cm³/mol. The molecule has 104 valence electrons. The van der Waals surface area contributed by atoms with E-state index in [-0.39, 0.29) is 5.78 Å². The molecule has 0 bridgehead atoms. The zero-order chi connectivity index (χ0) is 14.4. The maximum Gasteiger partial charge on any atom is 0.195 e. The van der Waals surface area contributed by atoms with Gasteiger partial charge >= 0.3 is 0 Å². The van der Waals surface area contributed by atoms with E-state index in [1.807, 2.05) is 42.6 Å². The van der Waals surface area contributed by atoms with Gasteiger partial charge in [0.15, 0.2) is 17.3 Å². The number of rotatable bonds is 6. The maximum atomic E-state index is 11.9. The van der Waals surface area contributed by atoms with Gasteiger partial charge < -0.3 is 9.47 Å². The second-order valence-corrected chi connectivity index (χ2v) is 4.97. The van der Waals surface area contributed by atoms with E-state index in [9.17, 15) is 4.79 Å². The van der Waals surface area contributed by atoms with Gasteiger partial charge in [-0.3, -0.25) is 4.79 Å². The summed E-state index contributed by atoms with van der Waals surface area (Å²) in [7, 11) is 1.60. The number of carbonyl (C=O) groups is 1. The highest BCUT2D eigenvalue weighted by molar-refractivity contribution is 7.12. The lowest BCUT2D eigenvalue weighted by molar-refractivity contribution is 0.105. The summed E-state index contributed by atoms with van der Waals surface area (Å²) in [6, 6.07) is 9.27. The summed E-state index contributed by atoms with van der Waals surface area (Å²) in [6.45, 7) is 2.51. The lowest BCUT2D eigenvalue weighted by Crippen LogP contribution is -1.95. The van der Waals surface area contributed by atoms with Gasteiger partial charge in [0.05, 0.1) is 18.6 Å². The summed E-state index contributed by atoms with van der Waals surface area (Å²) in [5, 5.41) is 1.89. The zero-order valence-electron chi connectivity index (χ0n) is 11.5. The van der Waals surface area contributed by atoms with Crippen LogP contribution in [0.5, 0.6) is 11.5 Å². The van der Waals surface area contributed by atoms with Crippen molar-refractivity contribution in [3.8, 4) is 11.5 Å². The Labute approximate surface area is 122 Å². The minimum atomic E-state index is 0.00727. The Bertz CT molecular complexity index is 600. The summed E-state index contributed by atoms with van der Waals surface area (Å²) in [5.41, 5.74) is 0.898. The van der Waals surface area contributed by atoms with E-state index in [0.717, 1.165) is 10.4 Å². The second kappa shape index (κ2) is 6.91. The molecule has 0 atom stereocenters. The third-order valence-electron chi connectivity index (χ3n) is 2.68. The summed E-state index contributed by atoms with van der Waals surface area (Å²) < 4.78 is 10.7. The van der Waals surface area contributed by atoms with Crippen molar-refractivity contribution in [1.82, 2.24) is 0 Å². The molecule has 4 heteroatoms. The van der Waals surface area contributed by atoms with Crippen LogP contribution < -0.4 is 9.47 Å². The topological polar surface area (TPSA) is 35.5 Å². The molecule has 0 spiro atoms. The Morgan fingerprint density at radius 1 is 1.30 bits per heavy atom. The number of methoxy groups -OCH3 is 1. The van der Waals surface area contributed by atoms with Gasteiger partial charge in [0.2, 0.25) is 0 Å². The monoisotopic (exact) mass is 288 g/mol. The van der Waals surface area contributed by atoms with Crippen LogP contribution in [0.4, 0.5) is 0 Å². The van der Waals surface area contributed by atoms with Crippen molar-refractivity contribution in [1.29, 1.82) is 0 Å². The molecule has 1 aromatic heterocycles. The molecule has 0 aliphatic heterocycles. The van der Waals surface area contributed by atoms with Gasteiger partial charge in [0, 0.05) is 0 Å². The van der Waals surface area contributed by atoms with Gasteiger partial charge in [-0.05, 0) is 42.1 Å². The van der Waals surface area contributed by atoms with Crippen LogP contribution >= 0.6 is 11.3 Å². The van der Waals surface area contributed by atoms with Crippen LogP contribution in [0.3, 0.4) is 0 Å². The predicted octanol–water partition coefficient (Wildman–Crippen LogP) is 4.05. The van der Waals surface area contributed by atoms with Crippen LogP contribution in [0.15, 0.2) is 41.8 Å². The molecule has 0 saturated heterocycles. The summed E-state index contributed by atoms with van der Waals surface area (Å²) in [6.07, 6.45) is 3.35. The molecule has 0 aliphatic rings. The van der Waals surface area contributed by atoms with E-state index < -0.39 is 0 Å². The number of hydrogen-bond acceptors (Lipinski definition) is 4. The lowest BCUT2D eigenvalue weighted by Gasteiger charge is -2.09. The third kappa shape index (κ3) is 3.48. The number of carbonyl (C=O) groups excluding carboxylic acids is 1. The molecule has 0 N–H and O–H groups in total. The van der Waals surface area contributed by atoms with Crippen molar-refractivity contribution < 1.29 is 14.3 Å². The van der Waals surface area contributed by atoms with E-state index in [1.165, 1.54) is 11.3 Å². The first-order chi connectivity index (χ1) is 9.74. The minimum Gasteiger partial charge on any atom is -0.493 e. The van der Waals surface area contributed by atoms with Gasteiger partial charge in [-0.2, -0.15) is 0 Å². The normalized spacial score (nSPS) is 10.7. The van der Waals surface area contributed by atoms with Crippen LogP contribution in [0.25, 0.3) is 6.08 Å². The first-order valence-electron chi connectivity index (χ1n) is 6.31. The molecular formula is C16H16O3S. The number of allylic oxidation sites excluding steroid dienone is 1. The van der Waals surface area contributed by atoms with Crippen molar-refractivity contribution in [2.24, 2.45) is 0 Å². The highest BCUT2D eigenvalue weighted by Crippen LogP contribution is 2.28. The summed E-state index contributed by atoms with van der Waals surface area (Å²) in [4.78, 5) is 12.6. The fourth-order valence-corrected chi connectivity index (χ4v) is 2.38. The van der Waals surface area contributed by atoms with Crippen LogP contribution in [-0.4, -0.2) is 19.5 Å². The van der Waals surface area contributed by atoms with E-state index in [2.05, 4.69) is 0 Å². The largest absolute Gasteiger partial charge is 0.493 e. The summed E-state index contributed by atoms with van der Waals surface area (Å²) >= 11 is 1.44. The maximum absolute atomic E-state index is 11.9. The average Bonchev–Trinajstić information content (AvgIpc) is 3.00. The SMILES string of the molecule is CCOc1ccc(/C=C/C(=O)c2cccs2)cc1OC. The van der Waals surface area contributed by atoms with Crippen molar-refractivity contribution in [3.05, 3.63) is 52.2 Å². The van der Waals surface area contributed by atoms with Crippen LogP contribution in [0.2, 0.25) is 0 Å². The Balaban J connectivity index is 2.15. The molecule has 3 nitrogen and oxygen atoms in total. The Morgan fingerprint density at radius 3 is 2.80 bits per heavy atom. The first kappa shape index (κ1) is 14.3. The van der Waals surface area contributed by atoms with Crippen molar-refractivity contribution in [3.63, 3.8) is 0 Å². The van der Waals surface area contributed by atoms with Gasteiger partial charge in [-0.1, -0.05) is 18.2 Å². The lowest BCUT2D eigenvalue weighted by atomic mass is 10.1. The van der Waals surface area contributed by atoms with Crippen molar-refractivity contribution >= 4 is 23.2 Å². The molecule has 0 amide bonds. The second-order valence-electron chi connectivity index (χ2n) is 4.02.